The molecule has 10 aromatic heterocycles. The van der Waals surface area contributed by atoms with E-state index in [0.29, 0.717) is 89.4 Å². The number of carbonyl (C=O) groups is 6. The maximum Gasteiger partial charge on any atom is 0.306 e. The van der Waals surface area contributed by atoms with Crippen LogP contribution in [0.25, 0.3) is 55.2 Å². The van der Waals surface area contributed by atoms with Gasteiger partial charge in [-0.05, 0) is 188 Å². The van der Waals surface area contributed by atoms with Gasteiger partial charge in [-0.3, -0.25) is 28.8 Å². The number of aromatic nitrogens is 15. The van der Waals surface area contributed by atoms with Crippen molar-refractivity contribution in [2.75, 3.05) is 145 Å². The standard InChI is InChI=1S/C22H31N5O3.3C17H23N5O2.C16H22N6O/c1-22(2,3)30-19(29)6-5-18(28)27-11-14-9-16(10-15(14)12-27)26(4)21-17-7-8-23-20(17)24-13-25-21;1-21(17-14-3-4-18-16(14)19-10-20-17)13-5-11-7-22(8-12(11)6-13)15(23)9-24-2;2*1-10(23)17(24)22-7-11-5-13(6-12(11)8-22)21(2)16-14-3-4-18-15(14)19-9-20-16;1-21(16-13-2-3-18-15(13)19-9-20-16)12-4-10-7-22(14(23)6-17)8-11(10)5-12/h7-8,13-16H,5-6,9-12H2,1-4H3,(H,23,24,25);3-4,10-13H,5-9H2,1-2H3,(H,18,19,20);2*3-4,9-13,23H,5-8H2,1-2H3,(H,18,19,20);2-3,9-12H,4-8,17H2,1H3,(H,18,19,20)/t14-,15+,16?;11-,12+,13?;2*10-,11-,12+,13?;10-,11+,12?/m..10./s1. The number of aliphatic hydroxyl groups is 2. The number of carbonyl (C=O) groups excluding carboxylic acids is 6. The topological polar surface area (TPSA) is 428 Å². The molecule has 0 bridgehead atoms. The fraction of sp³-hybridized carbons (Fsp3) is 0.596. The van der Waals surface area contributed by atoms with E-state index in [0.717, 1.165) is 214 Å². The summed E-state index contributed by atoms with van der Waals surface area (Å²) in [6, 6.07) is 12.3. The summed E-state index contributed by atoms with van der Waals surface area (Å²) in [6.45, 7) is 17.0. The second kappa shape index (κ2) is 37.1. The van der Waals surface area contributed by atoms with Crippen LogP contribution in [0.15, 0.2) is 93.0 Å². The van der Waals surface area contributed by atoms with Crippen molar-refractivity contribution < 1.29 is 48.5 Å². The molecule has 9 N–H and O–H groups in total. The molecule has 20 rings (SSSR count). The molecule has 15 heterocycles. The van der Waals surface area contributed by atoms with Gasteiger partial charge in [-0.2, -0.15) is 0 Å². The number of nitrogens with zero attached hydrogens (tertiary/aromatic N) is 20. The van der Waals surface area contributed by atoms with Gasteiger partial charge in [0.15, 0.2) is 0 Å². The van der Waals surface area contributed by atoms with E-state index < -0.39 is 17.8 Å². The summed E-state index contributed by atoms with van der Waals surface area (Å²) in [5.74, 6) is 9.93. The molecule has 5 amide bonds. The smallest absolute Gasteiger partial charge is 0.306 e. The fourth-order valence-electron chi connectivity index (χ4n) is 22.1. The van der Waals surface area contributed by atoms with Gasteiger partial charge in [-0.15, -0.1) is 0 Å². The number of amides is 5. The molecule has 5 saturated heterocycles. The van der Waals surface area contributed by atoms with Crippen LogP contribution < -0.4 is 30.2 Å². The monoisotopic (exact) mass is 1710 g/mol. The van der Waals surface area contributed by atoms with Gasteiger partial charge in [-0.1, -0.05) is 0 Å². The van der Waals surface area contributed by atoms with Crippen molar-refractivity contribution in [1.82, 2.24) is 99.3 Å². The first-order valence-electron chi connectivity index (χ1n) is 44.4. The Morgan fingerprint density at radius 2 is 0.616 bits per heavy atom. The van der Waals surface area contributed by atoms with Crippen LogP contribution in [0.2, 0.25) is 0 Å². The van der Waals surface area contributed by atoms with Gasteiger partial charge in [0.25, 0.3) is 11.8 Å². The van der Waals surface area contributed by atoms with Gasteiger partial charge in [0, 0.05) is 175 Å². The lowest BCUT2D eigenvalue weighted by Gasteiger charge is -2.28. The van der Waals surface area contributed by atoms with Gasteiger partial charge in [0.1, 0.15) is 113 Å². The second-order valence-electron chi connectivity index (χ2n) is 37.4. The molecule has 0 spiro atoms. The molecule has 0 radical (unpaired) electrons. The van der Waals surface area contributed by atoms with Crippen LogP contribution in [0.3, 0.4) is 0 Å². The lowest BCUT2D eigenvalue weighted by molar-refractivity contribution is -0.156. The lowest BCUT2D eigenvalue weighted by Crippen LogP contribution is -2.38. The van der Waals surface area contributed by atoms with Crippen LogP contribution in [-0.2, 0) is 38.2 Å². The van der Waals surface area contributed by atoms with Gasteiger partial charge in [-0.25, -0.2) is 49.8 Å². The van der Waals surface area contributed by atoms with Gasteiger partial charge < -0.3 is 99.3 Å². The summed E-state index contributed by atoms with van der Waals surface area (Å²) in [6.07, 6.45) is 26.8. The Hall–Kier alpha value is -11.2. The fourth-order valence-corrected chi connectivity index (χ4v) is 22.1. The van der Waals surface area contributed by atoms with E-state index in [2.05, 4.69) is 134 Å². The van der Waals surface area contributed by atoms with Crippen LogP contribution in [0.1, 0.15) is 112 Å². The number of methoxy groups -OCH3 is 1. The van der Waals surface area contributed by atoms with Crippen LogP contribution in [0.4, 0.5) is 29.1 Å². The number of ether oxygens (including phenoxy) is 2. The van der Waals surface area contributed by atoms with E-state index in [1.165, 1.54) is 0 Å². The number of fused-ring (bicyclic) bond motifs is 10. The molecule has 10 aromatic rings. The number of hydrogen-bond donors (Lipinski definition) is 8. The highest BCUT2D eigenvalue weighted by molar-refractivity contribution is 5.91. The SMILES string of the molecule is CN(c1ncnc2[nH]ccc12)C1C[C@@H]2CN(C(=O)CCC(=O)OC(C)(C)C)C[C@@H]2C1.CN(c1ncnc2[nH]ccc12)C1C[C@@H]2CN(C(=O)CN)C[C@@H]2C1.COCC(=O)N1C[C@H]2CC(N(C)c3ncnc4[nH]ccc34)C[C@H]2C1.C[C@@H](O)C(=O)N1C[C@H]2CC(N(C)c3ncnc4[nH]ccc34)C[C@H]2C1.C[C@H](O)C(=O)N1C[C@H]2CC(N(C)c3ncnc4[nH]ccc34)C[C@H]2C1. The summed E-state index contributed by atoms with van der Waals surface area (Å²) in [7, 11) is 12.1. The number of rotatable bonds is 18. The highest BCUT2D eigenvalue weighted by atomic mass is 16.6. The maximum atomic E-state index is 12.6. The second-order valence-corrected chi connectivity index (χ2v) is 37.4. The zero-order chi connectivity index (χ0) is 87.8. The van der Waals surface area contributed by atoms with Crippen molar-refractivity contribution in [2.24, 2.45) is 64.9 Å². The molecule has 5 unspecified atom stereocenters. The minimum atomic E-state index is -0.898. The molecule has 0 aromatic carbocycles. The Morgan fingerprint density at radius 3 is 0.840 bits per heavy atom. The molecule has 5 aliphatic carbocycles. The Morgan fingerprint density at radius 1 is 0.384 bits per heavy atom. The van der Waals surface area contributed by atoms with Gasteiger partial charge >= 0.3 is 5.97 Å². The van der Waals surface area contributed by atoms with Crippen molar-refractivity contribution in [3.8, 4) is 0 Å². The highest BCUT2D eigenvalue weighted by Crippen LogP contribution is 2.47. The molecule has 5 aliphatic heterocycles. The first-order valence-corrected chi connectivity index (χ1v) is 44.4. The molecule has 17 atom stereocenters. The number of aliphatic hydroxyl groups excluding tert-OH is 2. The molecule has 36 heteroatoms. The predicted molar refractivity (Wildman–Crippen MR) is 474 cm³/mol. The van der Waals surface area contributed by atoms with Crippen molar-refractivity contribution in [2.45, 2.75) is 160 Å². The number of aromatic amines is 5. The third-order valence-corrected chi connectivity index (χ3v) is 28.5. The number of likely N-dealkylation sites (tertiary alicyclic amines) is 5. The zero-order valence-corrected chi connectivity index (χ0v) is 73.6. The predicted octanol–water partition coefficient (Wildman–Crippen LogP) is 6.64. The molecule has 125 heavy (non-hydrogen) atoms. The largest absolute Gasteiger partial charge is 0.460 e. The summed E-state index contributed by atoms with van der Waals surface area (Å²) >= 11 is 0. The zero-order valence-electron chi connectivity index (χ0n) is 73.6. The molecule has 668 valence electrons. The van der Waals surface area contributed by atoms with E-state index >= 15 is 0 Å². The summed E-state index contributed by atoms with van der Waals surface area (Å²) < 4.78 is 10.3. The Balaban J connectivity index is 0.000000116. The molecule has 10 aliphatic rings. The number of esters is 1. The van der Waals surface area contributed by atoms with Crippen molar-refractivity contribution in [3.05, 3.63) is 93.0 Å². The normalized spacial score (nSPS) is 26.1. The first kappa shape index (κ1) is 87.2. The molecule has 36 nitrogen and oxygen atoms in total. The highest BCUT2D eigenvalue weighted by Gasteiger charge is 2.50. The van der Waals surface area contributed by atoms with E-state index in [9.17, 15) is 39.0 Å². The van der Waals surface area contributed by atoms with E-state index in [4.69, 9.17) is 15.2 Å². The number of nitrogens with one attached hydrogen (secondary N) is 5. The molecular formula is C89H122N26O10. The average Bonchev–Trinajstić information content (AvgIpc) is 1.70. The number of anilines is 5. The quantitative estimate of drug-likeness (QED) is 0.0417. The van der Waals surface area contributed by atoms with Crippen molar-refractivity contribution in [1.29, 1.82) is 0 Å². The first-order chi connectivity index (χ1) is 60.1. The van der Waals surface area contributed by atoms with Gasteiger partial charge in [0.05, 0.1) is 39.9 Å². The maximum absolute atomic E-state index is 12.6. The van der Waals surface area contributed by atoms with Crippen LogP contribution in [0.5, 0.6) is 0 Å². The number of H-pyrrole nitrogens is 5. The van der Waals surface area contributed by atoms with Crippen LogP contribution in [-0.4, -0.2) is 314 Å². The van der Waals surface area contributed by atoms with Crippen LogP contribution >= 0.6 is 0 Å². The Bertz CT molecular complexity index is 5250. The average molecular weight is 1720 g/mol. The lowest BCUT2D eigenvalue weighted by atomic mass is 10.0. The van der Waals surface area contributed by atoms with E-state index in [1.807, 2.05) is 107 Å². The summed E-state index contributed by atoms with van der Waals surface area (Å²) in [4.78, 5) is 152. The molecule has 5 saturated carbocycles. The summed E-state index contributed by atoms with van der Waals surface area (Å²) in [5.41, 5.74) is 9.29. The Labute approximate surface area is 727 Å². The van der Waals surface area contributed by atoms with Crippen molar-refractivity contribution in [3.63, 3.8) is 0 Å². The summed E-state index contributed by atoms with van der Waals surface area (Å²) in [5, 5.41) is 24.2. The minimum absolute atomic E-state index is 0.0602. The van der Waals surface area contributed by atoms with E-state index in [1.54, 1.807) is 52.6 Å². The van der Waals surface area contributed by atoms with E-state index in [-0.39, 0.29) is 61.5 Å². The minimum Gasteiger partial charge on any atom is -0.460 e. The Kier molecular flexibility index (Phi) is 25.9. The molecular weight excluding hydrogens is 1590 g/mol. The third-order valence-electron chi connectivity index (χ3n) is 28.5. The van der Waals surface area contributed by atoms with Crippen molar-refractivity contribution >= 4 is 120 Å². The third kappa shape index (κ3) is 18.7. The number of hydrogen-bond acceptors (Lipinski definition) is 26. The number of nitrogens with two attached hydrogens (primary N) is 1. The van der Waals surface area contributed by atoms with Gasteiger partial charge in [0.2, 0.25) is 17.7 Å². The van der Waals surface area contributed by atoms with Crippen LogP contribution in [0, 0.1) is 59.2 Å². The molecule has 10 fully saturated rings.